The molecule has 1 unspecified atom stereocenters. The van der Waals surface area contributed by atoms with Gasteiger partial charge in [0.25, 0.3) is 0 Å². The summed E-state index contributed by atoms with van der Waals surface area (Å²) in [6.45, 7) is 2.94. The largest absolute Gasteiger partial charge is 0.356 e. The van der Waals surface area contributed by atoms with Crippen molar-refractivity contribution in [2.45, 2.75) is 50.0 Å². The number of hydrogen-bond acceptors (Lipinski definition) is 3. The van der Waals surface area contributed by atoms with Gasteiger partial charge in [0.15, 0.2) is 0 Å². The summed E-state index contributed by atoms with van der Waals surface area (Å²) in [5, 5.41) is 5.21. The third-order valence-electron chi connectivity index (χ3n) is 6.23. The summed E-state index contributed by atoms with van der Waals surface area (Å²) in [6, 6.07) is 21.0. The molecule has 1 fully saturated rings. The lowest BCUT2D eigenvalue weighted by Gasteiger charge is -2.34. The summed E-state index contributed by atoms with van der Waals surface area (Å²) >= 11 is 0. The topological polar surface area (TPSA) is 66.5 Å². The maximum absolute atomic E-state index is 13.2. The molecule has 1 aliphatic rings. The van der Waals surface area contributed by atoms with E-state index < -0.39 is 10.0 Å². The number of nitrogens with zero attached hydrogens (tertiary/aromatic N) is 1. The zero-order valence-electron chi connectivity index (χ0n) is 18.5. The van der Waals surface area contributed by atoms with E-state index in [1.807, 2.05) is 61.5 Å². The molecule has 1 atom stereocenters. The van der Waals surface area contributed by atoms with Crippen molar-refractivity contribution in [3.63, 3.8) is 0 Å². The first-order valence-corrected chi connectivity index (χ1v) is 12.7. The van der Waals surface area contributed by atoms with Crippen molar-refractivity contribution in [2.75, 3.05) is 13.1 Å². The molecule has 1 amide bonds. The smallest absolute Gasteiger partial charge is 0.243 e. The molecule has 6 heteroatoms. The van der Waals surface area contributed by atoms with Crippen molar-refractivity contribution >= 4 is 26.7 Å². The maximum Gasteiger partial charge on any atom is 0.243 e. The lowest BCUT2D eigenvalue weighted by Crippen LogP contribution is -2.45. The Balaban J connectivity index is 1.37. The molecule has 5 nitrogen and oxygen atoms in total. The van der Waals surface area contributed by atoms with Crippen LogP contribution in [-0.2, 0) is 21.2 Å². The number of hydrogen-bond donors (Lipinski definition) is 1. The van der Waals surface area contributed by atoms with E-state index in [1.165, 1.54) is 0 Å². The third-order valence-corrected chi connectivity index (χ3v) is 8.20. The Morgan fingerprint density at radius 1 is 1.00 bits per heavy atom. The maximum atomic E-state index is 13.2. The van der Waals surface area contributed by atoms with Gasteiger partial charge in [-0.15, -0.1) is 0 Å². The Kier molecular flexibility index (Phi) is 6.92. The summed E-state index contributed by atoms with van der Waals surface area (Å²) in [6.07, 6.45) is 3.64. The minimum atomic E-state index is -3.53. The molecule has 1 saturated heterocycles. The van der Waals surface area contributed by atoms with Crippen molar-refractivity contribution in [2.24, 2.45) is 0 Å². The van der Waals surface area contributed by atoms with Crippen LogP contribution in [-0.4, -0.2) is 37.8 Å². The van der Waals surface area contributed by atoms with E-state index >= 15 is 0 Å². The van der Waals surface area contributed by atoms with Crippen LogP contribution in [0, 0.1) is 6.92 Å². The van der Waals surface area contributed by atoms with E-state index in [2.05, 4.69) is 5.32 Å². The molecular weight excluding hydrogens is 420 g/mol. The SMILES string of the molecule is Cc1ccc(S(=O)(=O)N2CCCCC2CCNC(=O)Cc2cccc3ccccc23)cc1. The van der Waals surface area contributed by atoms with E-state index in [1.54, 1.807) is 16.4 Å². The second-order valence-electron chi connectivity index (χ2n) is 8.53. The fourth-order valence-corrected chi connectivity index (χ4v) is 6.21. The van der Waals surface area contributed by atoms with Crippen LogP contribution < -0.4 is 5.32 Å². The van der Waals surface area contributed by atoms with Gasteiger partial charge >= 0.3 is 0 Å². The van der Waals surface area contributed by atoms with Crippen LogP contribution in [0.5, 0.6) is 0 Å². The molecule has 0 aromatic heterocycles. The van der Waals surface area contributed by atoms with Crippen LogP contribution in [0.15, 0.2) is 71.6 Å². The van der Waals surface area contributed by atoms with Crippen molar-refractivity contribution < 1.29 is 13.2 Å². The Morgan fingerprint density at radius 2 is 1.75 bits per heavy atom. The number of benzene rings is 3. The van der Waals surface area contributed by atoms with Crippen molar-refractivity contribution in [1.29, 1.82) is 0 Å². The number of rotatable bonds is 7. The summed E-state index contributed by atoms with van der Waals surface area (Å²) in [5.41, 5.74) is 2.04. The number of fused-ring (bicyclic) bond motifs is 1. The highest BCUT2D eigenvalue weighted by Gasteiger charge is 2.33. The first-order chi connectivity index (χ1) is 15.4. The van der Waals surface area contributed by atoms with Crippen LogP contribution in [0.3, 0.4) is 0 Å². The Hall–Kier alpha value is -2.70. The number of amides is 1. The molecule has 0 saturated carbocycles. The van der Waals surface area contributed by atoms with E-state index in [0.29, 0.717) is 30.8 Å². The standard InChI is InChI=1S/C26H30N2O3S/c1-20-12-14-24(15-13-20)32(30,31)28-18-5-4-10-23(28)16-17-27-26(29)19-22-9-6-8-21-7-2-3-11-25(21)22/h2-3,6-9,11-15,23H,4-5,10,16-19H2,1H3,(H,27,29). The highest BCUT2D eigenvalue weighted by atomic mass is 32.2. The van der Waals surface area contributed by atoms with Gasteiger partial charge in [-0.1, -0.05) is 66.6 Å². The van der Waals surface area contributed by atoms with Gasteiger partial charge in [0, 0.05) is 19.1 Å². The fraction of sp³-hybridized carbons (Fsp3) is 0.346. The predicted molar refractivity (Wildman–Crippen MR) is 128 cm³/mol. The first kappa shape index (κ1) is 22.5. The number of sulfonamides is 1. The van der Waals surface area contributed by atoms with E-state index in [0.717, 1.165) is 41.2 Å². The van der Waals surface area contributed by atoms with Gasteiger partial charge in [0.1, 0.15) is 0 Å². The number of aryl methyl sites for hydroxylation is 1. The molecule has 1 aliphatic heterocycles. The summed E-state index contributed by atoms with van der Waals surface area (Å²) < 4.78 is 28.1. The van der Waals surface area contributed by atoms with Crippen molar-refractivity contribution in [3.8, 4) is 0 Å². The molecule has 1 N–H and O–H groups in total. The van der Waals surface area contributed by atoms with Crippen LogP contribution in [0.2, 0.25) is 0 Å². The molecule has 3 aromatic rings. The summed E-state index contributed by atoms with van der Waals surface area (Å²) in [4.78, 5) is 12.9. The van der Waals surface area contributed by atoms with Crippen LogP contribution in [0.4, 0.5) is 0 Å². The lowest BCUT2D eigenvalue weighted by atomic mass is 10.0. The number of carbonyl (C=O) groups excluding carboxylic acids is 1. The number of carbonyl (C=O) groups is 1. The van der Waals surface area contributed by atoms with Gasteiger partial charge in [-0.3, -0.25) is 4.79 Å². The molecule has 168 valence electrons. The lowest BCUT2D eigenvalue weighted by molar-refractivity contribution is -0.120. The molecule has 32 heavy (non-hydrogen) atoms. The van der Waals surface area contributed by atoms with Gasteiger partial charge in [-0.2, -0.15) is 4.31 Å². The minimum absolute atomic E-state index is 0.0369. The fourth-order valence-electron chi connectivity index (χ4n) is 4.48. The Bertz CT molecular complexity index is 1180. The van der Waals surface area contributed by atoms with E-state index in [9.17, 15) is 13.2 Å². The molecule has 0 spiro atoms. The van der Waals surface area contributed by atoms with Gasteiger partial charge < -0.3 is 5.32 Å². The molecule has 0 aliphatic carbocycles. The first-order valence-electron chi connectivity index (χ1n) is 11.3. The summed E-state index contributed by atoms with van der Waals surface area (Å²) in [5.74, 6) is -0.0369. The monoisotopic (exact) mass is 450 g/mol. The second-order valence-corrected chi connectivity index (χ2v) is 10.4. The Labute approximate surface area is 190 Å². The minimum Gasteiger partial charge on any atom is -0.356 e. The predicted octanol–water partition coefficient (Wildman–Crippen LogP) is 4.44. The number of nitrogens with one attached hydrogen (secondary N) is 1. The quantitative estimate of drug-likeness (QED) is 0.579. The molecule has 4 rings (SSSR count). The van der Waals surface area contributed by atoms with E-state index in [-0.39, 0.29) is 11.9 Å². The van der Waals surface area contributed by atoms with Gasteiger partial charge in [0.2, 0.25) is 15.9 Å². The molecule has 0 bridgehead atoms. The average molecular weight is 451 g/mol. The van der Waals surface area contributed by atoms with E-state index in [4.69, 9.17) is 0 Å². The molecule has 1 heterocycles. The average Bonchev–Trinajstić information content (AvgIpc) is 2.80. The molecule has 0 radical (unpaired) electrons. The Morgan fingerprint density at radius 3 is 2.56 bits per heavy atom. The highest BCUT2D eigenvalue weighted by Crippen LogP contribution is 2.27. The summed E-state index contributed by atoms with van der Waals surface area (Å²) in [7, 11) is -3.53. The second kappa shape index (κ2) is 9.84. The molecular formula is C26H30N2O3S. The zero-order chi connectivity index (χ0) is 22.6. The highest BCUT2D eigenvalue weighted by molar-refractivity contribution is 7.89. The zero-order valence-corrected chi connectivity index (χ0v) is 19.3. The van der Waals surface area contributed by atoms with Crippen LogP contribution in [0.25, 0.3) is 10.8 Å². The van der Waals surface area contributed by atoms with Gasteiger partial charge in [-0.25, -0.2) is 8.42 Å². The number of piperidine rings is 1. The normalized spacial score (nSPS) is 17.3. The van der Waals surface area contributed by atoms with Gasteiger partial charge in [-0.05, 0) is 54.7 Å². The van der Waals surface area contributed by atoms with Crippen molar-refractivity contribution in [1.82, 2.24) is 9.62 Å². The van der Waals surface area contributed by atoms with Crippen LogP contribution >= 0.6 is 0 Å². The molecule has 3 aromatic carbocycles. The van der Waals surface area contributed by atoms with Gasteiger partial charge in [0.05, 0.1) is 11.3 Å². The van der Waals surface area contributed by atoms with Crippen LogP contribution in [0.1, 0.15) is 36.8 Å². The third kappa shape index (κ3) is 5.03. The van der Waals surface area contributed by atoms with Crippen molar-refractivity contribution in [3.05, 3.63) is 77.9 Å².